The van der Waals surface area contributed by atoms with Crippen LogP contribution in [-0.2, 0) is 15.6 Å². The first-order valence-corrected chi connectivity index (χ1v) is 9.91. The first-order valence-electron chi connectivity index (χ1n) is 7.85. The average molecular weight is 321 g/mol. The number of rotatable bonds is 4. The Kier molecular flexibility index (Phi) is 3.79. The van der Waals surface area contributed by atoms with Gasteiger partial charge in [0.1, 0.15) is 0 Å². The zero-order chi connectivity index (χ0) is 16.0. The van der Waals surface area contributed by atoms with Gasteiger partial charge in [-0.25, -0.2) is 8.42 Å². The second kappa shape index (κ2) is 5.37. The molecule has 1 aromatic rings. The molecule has 0 bridgehead atoms. The fraction of sp³-hybridized carbons (Fsp3) is 0.588. The molecule has 1 heterocycles. The summed E-state index contributed by atoms with van der Waals surface area (Å²) < 4.78 is 23.0. The van der Waals surface area contributed by atoms with Gasteiger partial charge in [-0.1, -0.05) is 6.07 Å². The van der Waals surface area contributed by atoms with Gasteiger partial charge in [0.05, 0.1) is 5.75 Å². The lowest BCUT2D eigenvalue weighted by molar-refractivity contribution is 0.101. The van der Waals surface area contributed by atoms with Crippen molar-refractivity contribution in [2.75, 3.05) is 24.2 Å². The van der Waals surface area contributed by atoms with Crippen molar-refractivity contribution < 1.29 is 13.2 Å². The highest BCUT2D eigenvalue weighted by atomic mass is 32.2. The Hall–Kier alpha value is -1.36. The molecule has 0 N–H and O–H groups in total. The summed E-state index contributed by atoms with van der Waals surface area (Å²) in [5.41, 5.74) is 2.94. The molecule has 0 radical (unpaired) electrons. The Morgan fingerprint density at radius 3 is 2.32 bits per heavy atom. The van der Waals surface area contributed by atoms with Gasteiger partial charge in [-0.15, -0.1) is 0 Å². The summed E-state index contributed by atoms with van der Waals surface area (Å²) in [7, 11) is -3.07. The van der Waals surface area contributed by atoms with Crippen LogP contribution in [0.1, 0.15) is 48.5 Å². The molecule has 1 aliphatic carbocycles. The van der Waals surface area contributed by atoms with E-state index in [0.717, 1.165) is 24.3 Å². The van der Waals surface area contributed by atoms with Gasteiger partial charge in [-0.3, -0.25) is 4.79 Å². The number of Topliss-reactive ketones (excluding diaryl/α,β-unsaturated/α-hetero) is 1. The fourth-order valence-electron chi connectivity index (χ4n) is 3.43. The van der Waals surface area contributed by atoms with Crippen LogP contribution in [0.25, 0.3) is 0 Å². The predicted octanol–water partition coefficient (Wildman–Crippen LogP) is 2.81. The maximum Gasteiger partial charge on any atom is 0.161 e. The van der Waals surface area contributed by atoms with E-state index >= 15 is 0 Å². The van der Waals surface area contributed by atoms with Crippen LogP contribution in [0, 0.1) is 5.41 Å². The van der Waals surface area contributed by atoms with Crippen LogP contribution >= 0.6 is 0 Å². The van der Waals surface area contributed by atoms with E-state index in [1.54, 1.807) is 19.1 Å². The van der Waals surface area contributed by atoms with E-state index in [1.165, 1.54) is 31.9 Å². The predicted molar refractivity (Wildman–Crippen MR) is 88.1 cm³/mol. The Morgan fingerprint density at radius 1 is 1.18 bits per heavy atom. The van der Waals surface area contributed by atoms with Gasteiger partial charge in [0.25, 0.3) is 0 Å². The lowest BCUT2D eigenvalue weighted by Crippen LogP contribution is -2.35. The smallest absolute Gasteiger partial charge is 0.161 e. The lowest BCUT2D eigenvalue weighted by Gasteiger charge is -2.35. The molecule has 1 saturated heterocycles. The first-order chi connectivity index (χ1) is 10.3. The molecule has 0 atom stereocenters. The van der Waals surface area contributed by atoms with Crippen molar-refractivity contribution in [3.8, 4) is 0 Å². The van der Waals surface area contributed by atoms with E-state index in [4.69, 9.17) is 0 Å². The molecule has 22 heavy (non-hydrogen) atoms. The minimum Gasteiger partial charge on any atom is -0.371 e. The van der Waals surface area contributed by atoms with Gasteiger partial charge in [0.2, 0.25) is 0 Å². The quantitative estimate of drug-likeness (QED) is 0.800. The first kappa shape index (κ1) is 15.5. The molecule has 2 aliphatic rings. The normalized spacial score (nSPS) is 20.2. The molecule has 1 aliphatic heterocycles. The highest BCUT2D eigenvalue weighted by Gasteiger charge is 2.44. The number of anilines is 1. The molecule has 2 fully saturated rings. The maximum atomic E-state index is 11.9. The number of benzene rings is 1. The molecule has 0 amide bonds. The zero-order valence-corrected chi connectivity index (χ0v) is 14.1. The third-order valence-corrected chi connectivity index (χ3v) is 5.85. The Balaban J connectivity index is 1.89. The molecule has 0 aromatic heterocycles. The monoisotopic (exact) mass is 321 g/mol. The fourth-order valence-corrected chi connectivity index (χ4v) is 4.21. The highest BCUT2D eigenvalue weighted by Crippen LogP contribution is 2.54. The second-order valence-electron chi connectivity index (χ2n) is 6.96. The van der Waals surface area contributed by atoms with Gasteiger partial charge < -0.3 is 4.90 Å². The van der Waals surface area contributed by atoms with E-state index in [1.807, 2.05) is 6.07 Å². The number of carbonyl (C=O) groups is 1. The van der Waals surface area contributed by atoms with E-state index in [9.17, 15) is 13.2 Å². The van der Waals surface area contributed by atoms with Crippen molar-refractivity contribution in [3.63, 3.8) is 0 Å². The van der Waals surface area contributed by atoms with Crippen LogP contribution in [0.3, 0.4) is 0 Å². The number of sulfone groups is 1. The van der Waals surface area contributed by atoms with E-state index in [-0.39, 0.29) is 11.5 Å². The van der Waals surface area contributed by atoms with Crippen molar-refractivity contribution >= 4 is 21.3 Å². The van der Waals surface area contributed by atoms with E-state index in [0.29, 0.717) is 11.0 Å². The molecule has 120 valence electrons. The second-order valence-corrected chi connectivity index (χ2v) is 9.11. The molecular formula is C17H23NO3S. The molecule has 5 heteroatoms. The van der Waals surface area contributed by atoms with Crippen LogP contribution in [0.4, 0.5) is 5.69 Å². The minimum absolute atomic E-state index is 0.0238. The van der Waals surface area contributed by atoms with Crippen LogP contribution in [0.15, 0.2) is 18.2 Å². The third-order valence-electron chi connectivity index (χ3n) is 4.99. The molecule has 0 unspecified atom stereocenters. The number of hydrogen-bond acceptors (Lipinski definition) is 4. The Labute approximate surface area is 132 Å². The largest absolute Gasteiger partial charge is 0.371 e. The maximum absolute atomic E-state index is 11.9. The molecule has 1 saturated carbocycles. The van der Waals surface area contributed by atoms with Crippen molar-refractivity contribution in [2.24, 2.45) is 5.41 Å². The Bertz CT molecular complexity index is 695. The number of carbonyl (C=O) groups excluding carboxylic acids is 1. The van der Waals surface area contributed by atoms with E-state index in [2.05, 4.69) is 4.90 Å². The summed E-state index contributed by atoms with van der Waals surface area (Å²) in [6.07, 6.45) is 6.29. The SMILES string of the molecule is CC(=O)c1ccc(CS(C)(=O)=O)cc1N1CCC2(CC1)CC2. The molecule has 1 aromatic carbocycles. The molecule has 1 spiro atoms. The summed E-state index contributed by atoms with van der Waals surface area (Å²) in [4.78, 5) is 14.2. The van der Waals surface area contributed by atoms with Gasteiger partial charge in [0, 0.05) is 30.6 Å². The number of hydrogen-bond donors (Lipinski definition) is 0. The summed E-state index contributed by atoms with van der Waals surface area (Å²) >= 11 is 0. The standard InChI is InChI=1S/C17H23NO3S/c1-13(19)15-4-3-14(12-22(2,20)21)11-16(15)18-9-7-17(5-6-17)8-10-18/h3-4,11H,5-10,12H2,1-2H3. The highest BCUT2D eigenvalue weighted by molar-refractivity contribution is 7.89. The summed E-state index contributed by atoms with van der Waals surface area (Å²) in [6.45, 7) is 3.49. The zero-order valence-electron chi connectivity index (χ0n) is 13.3. The van der Waals surface area contributed by atoms with Crippen molar-refractivity contribution in [1.29, 1.82) is 0 Å². The lowest BCUT2D eigenvalue weighted by atomic mass is 9.92. The van der Waals surface area contributed by atoms with Gasteiger partial charge in [0.15, 0.2) is 15.6 Å². The van der Waals surface area contributed by atoms with Gasteiger partial charge >= 0.3 is 0 Å². The van der Waals surface area contributed by atoms with Crippen LogP contribution in [-0.4, -0.2) is 33.5 Å². The van der Waals surface area contributed by atoms with Crippen LogP contribution < -0.4 is 4.90 Å². The topological polar surface area (TPSA) is 54.5 Å². The van der Waals surface area contributed by atoms with Gasteiger partial charge in [-0.05, 0) is 55.7 Å². The van der Waals surface area contributed by atoms with Crippen LogP contribution in [0.5, 0.6) is 0 Å². The van der Waals surface area contributed by atoms with Crippen LogP contribution in [0.2, 0.25) is 0 Å². The summed E-state index contributed by atoms with van der Waals surface area (Å²) in [5.74, 6) is 0.0586. The van der Waals surface area contributed by atoms with Crippen molar-refractivity contribution in [3.05, 3.63) is 29.3 Å². The van der Waals surface area contributed by atoms with Crippen molar-refractivity contribution in [2.45, 2.75) is 38.4 Å². The minimum atomic E-state index is -3.07. The number of ketones is 1. The summed E-state index contributed by atoms with van der Waals surface area (Å²) in [5, 5.41) is 0. The Morgan fingerprint density at radius 2 is 1.82 bits per heavy atom. The van der Waals surface area contributed by atoms with Crippen molar-refractivity contribution in [1.82, 2.24) is 0 Å². The average Bonchev–Trinajstić information content (AvgIpc) is 3.17. The number of nitrogens with zero attached hydrogens (tertiary/aromatic N) is 1. The third kappa shape index (κ3) is 3.35. The molecular weight excluding hydrogens is 298 g/mol. The number of piperidine rings is 1. The van der Waals surface area contributed by atoms with E-state index < -0.39 is 9.84 Å². The summed E-state index contributed by atoms with van der Waals surface area (Å²) in [6, 6.07) is 5.43. The van der Waals surface area contributed by atoms with Gasteiger partial charge in [-0.2, -0.15) is 0 Å². The molecule has 3 rings (SSSR count). The molecule has 4 nitrogen and oxygen atoms in total.